The number of rotatable bonds is 6. The number of aromatic carboxylic acids is 1. The van der Waals surface area contributed by atoms with Crippen LogP contribution in [-0.4, -0.2) is 31.7 Å². The Morgan fingerprint density at radius 3 is 2.69 bits per heavy atom. The fourth-order valence-electron chi connectivity index (χ4n) is 2.97. The van der Waals surface area contributed by atoms with Gasteiger partial charge in [0.25, 0.3) is 0 Å². The van der Waals surface area contributed by atoms with Gasteiger partial charge in [-0.15, -0.1) is 11.3 Å². The Morgan fingerprint density at radius 1 is 1.14 bits per heavy atom. The van der Waals surface area contributed by atoms with Crippen LogP contribution in [0.25, 0.3) is 20.8 Å². The molecule has 0 saturated carbocycles. The van der Waals surface area contributed by atoms with Crippen LogP contribution in [0.3, 0.4) is 0 Å². The van der Waals surface area contributed by atoms with Gasteiger partial charge in [-0.3, -0.25) is 9.48 Å². The first-order valence-electron chi connectivity index (χ1n) is 9.02. The quantitative estimate of drug-likeness (QED) is 0.500. The molecule has 0 radical (unpaired) electrons. The van der Waals surface area contributed by atoms with Crippen LogP contribution < -0.4 is 5.32 Å². The van der Waals surface area contributed by atoms with Gasteiger partial charge in [0.15, 0.2) is 0 Å². The Morgan fingerprint density at radius 2 is 1.93 bits per heavy atom. The number of aromatic nitrogens is 3. The Kier molecular flexibility index (Phi) is 5.09. The highest BCUT2D eigenvalue weighted by Crippen LogP contribution is 2.31. The van der Waals surface area contributed by atoms with E-state index in [1.54, 1.807) is 11.3 Å². The zero-order valence-corrected chi connectivity index (χ0v) is 16.4. The highest BCUT2D eigenvalue weighted by molar-refractivity contribution is 7.21. The Hall–Kier alpha value is -3.52. The predicted octanol–water partition coefficient (Wildman–Crippen LogP) is 4.20. The molecule has 2 heterocycles. The van der Waals surface area contributed by atoms with Crippen LogP contribution in [0, 0.1) is 6.92 Å². The number of carboxylic acids is 1. The van der Waals surface area contributed by atoms with Crippen molar-refractivity contribution < 1.29 is 14.7 Å². The second kappa shape index (κ2) is 7.84. The van der Waals surface area contributed by atoms with Crippen molar-refractivity contribution in [3.05, 3.63) is 66.0 Å². The van der Waals surface area contributed by atoms with Crippen LogP contribution in [-0.2, 0) is 11.3 Å². The van der Waals surface area contributed by atoms with Crippen molar-refractivity contribution in [1.29, 1.82) is 0 Å². The maximum absolute atomic E-state index is 12.2. The summed E-state index contributed by atoms with van der Waals surface area (Å²) in [5.41, 5.74) is 3.91. The van der Waals surface area contributed by atoms with E-state index >= 15 is 0 Å². The fourth-order valence-corrected chi connectivity index (χ4v) is 4.04. The molecule has 7 nitrogen and oxygen atoms in total. The largest absolute Gasteiger partial charge is 0.477 e. The third-order valence-corrected chi connectivity index (χ3v) is 5.51. The summed E-state index contributed by atoms with van der Waals surface area (Å²) >= 11 is 1.64. The molecule has 0 aliphatic carbocycles. The Bertz CT molecular complexity index is 1190. The van der Waals surface area contributed by atoms with E-state index in [0.29, 0.717) is 5.69 Å². The zero-order chi connectivity index (χ0) is 20.4. The van der Waals surface area contributed by atoms with Gasteiger partial charge in [0.05, 0.1) is 16.8 Å². The SMILES string of the molecule is Cc1ccc2nc(-c3ccc(NC(=O)CCn4nccc4C(=O)O)cc3)sc2c1. The van der Waals surface area contributed by atoms with Crippen molar-refractivity contribution in [2.24, 2.45) is 0 Å². The molecule has 8 heteroatoms. The molecule has 0 atom stereocenters. The number of nitrogens with zero attached hydrogens (tertiary/aromatic N) is 3. The average molecular weight is 406 g/mol. The lowest BCUT2D eigenvalue weighted by Gasteiger charge is -2.07. The minimum atomic E-state index is -1.07. The van der Waals surface area contributed by atoms with E-state index in [-0.39, 0.29) is 24.6 Å². The molecule has 0 bridgehead atoms. The van der Waals surface area contributed by atoms with Gasteiger partial charge in [-0.05, 0) is 55.0 Å². The van der Waals surface area contributed by atoms with E-state index in [9.17, 15) is 9.59 Å². The molecule has 4 aromatic rings. The predicted molar refractivity (Wildman–Crippen MR) is 112 cm³/mol. The van der Waals surface area contributed by atoms with E-state index in [0.717, 1.165) is 20.8 Å². The summed E-state index contributed by atoms with van der Waals surface area (Å²) in [6.45, 7) is 2.26. The van der Waals surface area contributed by atoms with Crippen LogP contribution >= 0.6 is 11.3 Å². The number of fused-ring (bicyclic) bond motifs is 1. The molecule has 4 rings (SSSR count). The van der Waals surface area contributed by atoms with Gasteiger partial charge in [0.1, 0.15) is 10.7 Å². The first-order chi connectivity index (χ1) is 14.0. The summed E-state index contributed by atoms with van der Waals surface area (Å²) in [7, 11) is 0. The van der Waals surface area contributed by atoms with Crippen LogP contribution in [0.1, 0.15) is 22.5 Å². The number of benzene rings is 2. The van der Waals surface area contributed by atoms with Gasteiger partial charge >= 0.3 is 5.97 Å². The van der Waals surface area contributed by atoms with Crippen molar-refractivity contribution in [3.63, 3.8) is 0 Å². The minimum Gasteiger partial charge on any atom is -0.477 e. The number of hydrogen-bond acceptors (Lipinski definition) is 5. The van der Waals surface area contributed by atoms with Crippen LogP contribution in [0.5, 0.6) is 0 Å². The summed E-state index contributed by atoms with van der Waals surface area (Å²) in [4.78, 5) is 27.9. The molecule has 29 heavy (non-hydrogen) atoms. The molecule has 146 valence electrons. The van der Waals surface area contributed by atoms with E-state index in [4.69, 9.17) is 5.11 Å². The van der Waals surface area contributed by atoms with Gasteiger partial charge in [-0.1, -0.05) is 6.07 Å². The maximum atomic E-state index is 12.2. The van der Waals surface area contributed by atoms with Crippen molar-refractivity contribution in [3.8, 4) is 10.6 Å². The first kappa shape index (κ1) is 18.8. The highest BCUT2D eigenvalue weighted by atomic mass is 32.1. The topological polar surface area (TPSA) is 97.1 Å². The number of nitrogens with one attached hydrogen (secondary N) is 1. The van der Waals surface area contributed by atoms with E-state index in [1.165, 1.54) is 22.5 Å². The average Bonchev–Trinajstić information content (AvgIpc) is 3.33. The molecular weight excluding hydrogens is 388 g/mol. The number of aryl methyl sites for hydroxylation is 2. The second-order valence-electron chi connectivity index (χ2n) is 6.61. The summed E-state index contributed by atoms with van der Waals surface area (Å²) in [6.07, 6.45) is 1.53. The molecule has 0 aliphatic heterocycles. The fraction of sp³-hybridized carbons (Fsp3) is 0.143. The number of hydrogen-bond donors (Lipinski definition) is 2. The van der Waals surface area contributed by atoms with Crippen molar-refractivity contribution in [2.45, 2.75) is 19.9 Å². The van der Waals surface area contributed by atoms with Crippen molar-refractivity contribution in [2.75, 3.05) is 5.32 Å². The molecule has 0 unspecified atom stereocenters. The summed E-state index contributed by atoms with van der Waals surface area (Å²) in [5.74, 6) is -1.27. The van der Waals surface area contributed by atoms with Gasteiger partial charge in [0, 0.05) is 23.9 Å². The molecule has 2 N–H and O–H groups in total. The third-order valence-electron chi connectivity index (χ3n) is 4.45. The van der Waals surface area contributed by atoms with E-state index in [1.807, 2.05) is 36.4 Å². The maximum Gasteiger partial charge on any atom is 0.354 e. The van der Waals surface area contributed by atoms with Crippen molar-refractivity contribution >= 4 is 39.1 Å². The van der Waals surface area contributed by atoms with Crippen molar-refractivity contribution in [1.82, 2.24) is 14.8 Å². The number of carbonyl (C=O) groups is 2. The lowest BCUT2D eigenvalue weighted by molar-refractivity contribution is -0.116. The van der Waals surface area contributed by atoms with E-state index in [2.05, 4.69) is 28.4 Å². The smallest absolute Gasteiger partial charge is 0.354 e. The zero-order valence-electron chi connectivity index (χ0n) is 15.6. The van der Waals surface area contributed by atoms with Gasteiger partial charge in [-0.2, -0.15) is 5.10 Å². The van der Waals surface area contributed by atoms with Crippen LogP contribution in [0.4, 0.5) is 5.69 Å². The Balaban J connectivity index is 1.40. The second-order valence-corrected chi connectivity index (χ2v) is 7.64. The minimum absolute atomic E-state index is 0.0631. The summed E-state index contributed by atoms with van der Waals surface area (Å²) in [6, 6.07) is 15.1. The van der Waals surface area contributed by atoms with Crippen LogP contribution in [0.2, 0.25) is 0 Å². The number of carbonyl (C=O) groups excluding carboxylic acids is 1. The van der Waals surface area contributed by atoms with E-state index < -0.39 is 5.97 Å². The standard InChI is InChI=1S/C21H18N4O3S/c1-13-2-7-16-18(12-13)29-20(24-16)14-3-5-15(6-4-14)23-19(26)9-11-25-17(21(27)28)8-10-22-25/h2-8,10,12H,9,11H2,1H3,(H,23,26)(H,27,28). The molecule has 0 spiro atoms. The monoisotopic (exact) mass is 406 g/mol. The molecule has 1 amide bonds. The molecule has 2 aromatic heterocycles. The lowest BCUT2D eigenvalue weighted by Crippen LogP contribution is -2.17. The van der Waals surface area contributed by atoms with Crippen LogP contribution in [0.15, 0.2) is 54.7 Å². The molecule has 0 fully saturated rings. The molecule has 0 saturated heterocycles. The molecule has 2 aromatic carbocycles. The van der Waals surface area contributed by atoms with Gasteiger partial charge in [-0.25, -0.2) is 9.78 Å². The first-order valence-corrected chi connectivity index (χ1v) is 9.84. The van der Waals surface area contributed by atoms with Gasteiger partial charge in [0.2, 0.25) is 5.91 Å². The van der Waals surface area contributed by atoms with Gasteiger partial charge < -0.3 is 10.4 Å². The normalized spacial score (nSPS) is 10.9. The third kappa shape index (κ3) is 4.17. The number of amides is 1. The summed E-state index contributed by atoms with van der Waals surface area (Å²) < 4.78 is 2.46. The molecule has 0 aliphatic rings. The molecular formula is C21H18N4O3S. The number of anilines is 1. The number of thiazole rings is 1. The Labute approximate surface area is 170 Å². The lowest BCUT2D eigenvalue weighted by atomic mass is 10.2. The highest BCUT2D eigenvalue weighted by Gasteiger charge is 2.12. The summed E-state index contributed by atoms with van der Waals surface area (Å²) in [5, 5.41) is 16.8. The number of carboxylic acid groups (broad SMARTS) is 1.